The van der Waals surface area contributed by atoms with Crippen LogP contribution in [0.15, 0.2) is 60.7 Å². The first-order chi connectivity index (χ1) is 32.4. The van der Waals surface area contributed by atoms with E-state index in [-0.39, 0.29) is 33.2 Å². The van der Waals surface area contributed by atoms with Crippen molar-refractivity contribution in [3.05, 3.63) is 71.8 Å². The van der Waals surface area contributed by atoms with E-state index in [1.165, 1.54) is 38.5 Å². The van der Waals surface area contributed by atoms with E-state index < -0.39 is 52.3 Å². The van der Waals surface area contributed by atoms with Crippen molar-refractivity contribution in [2.75, 3.05) is 0 Å². The van der Waals surface area contributed by atoms with Crippen LogP contribution in [-0.4, -0.2) is 52.3 Å². The van der Waals surface area contributed by atoms with Gasteiger partial charge in [0.05, 0.1) is 0 Å². The molecule has 11 aliphatic rings. The van der Waals surface area contributed by atoms with Crippen LogP contribution in [0, 0.1) is 22.9 Å². The summed E-state index contributed by atoms with van der Waals surface area (Å²) < 4.78 is 68.9. The zero-order chi connectivity index (χ0) is 44.4. The van der Waals surface area contributed by atoms with Crippen molar-refractivity contribution in [2.24, 2.45) is 0 Å². The van der Waals surface area contributed by atoms with E-state index in [0.717, 1.165) is 165 Å². The lowest BCUT2D eigenvalue weighted by atomic mass is 10.0. The molecule has 356 valence electrons. The molecule has 5 saturated heterocycles. The van der Waals surface area contributed by atoms with E-state index in [9.17, 15) is 0 Å². The maximum Gasteiger partial charge on any atom is 0.481 e. The minimum atomic E-state index is -3.92. The van der Waals surface area contributed by atoms with E-state index in [0.29, 0.717) is 0 Å². The summed E-state index contributed by atoms with van der Waals surface area (Å²) in [6.07, 6.45) is 33.2. The molecule has 0 aromatic heterocycles. The summed E-state index contributed by atoms with van der Waals surface area (Å²) in [5.41, 5.74) is 10.7. The fourth-order valence-corrected chi connectivity index (χ4v) is 53.7. The number of benzene rings is 2. The van der Waals surface area contributed by atoms with E-state index >= 15 is 0 Å². The molecule has 6 saturated carbocycles. The Kier molecular flexibility index (Phi) is 14.5. The first kappa shape index (κ1) is 46.9. The monoisotopic (exact) mass is 996 g/mol. The second kappa shape index (κ2) is 20.3. The Morgan fingerprint density at radius 1 is 0.273 bits per heavy atom. The molecule has 0 N–H and O–H groups in total. The van der Waals surface area contributed by atoms with Crippen LogP contribution in [0.1, 0.15) is 204 Å². The molecule has 5 heterocycles. The first-order valence-electron chi connectivity index (χ1n) is 27.2. The third-order valence-electron chi connectivity index (χ3n) is 17.3. The van der Waals surface area contributed by atoms with Crippen LogP contribution < -0.4 is 0 Å². The van der Waals surface area contributed by atoms with Gasteiger partial charge < -0.3 is 32.9 Å². The highest BCUT2D eigenvalue weighted by Gasteiger charge is 2.83. The summed E-state index contributed by atoms with van der Waals surface area (Å²) in [4.78, 5) is 0. The van der Waals surface area contributed by atoms with E-state index in [4.69, 9.17) is 32.9 Å². The molecule has 13 rings (SSSR count). The Hall–Kier alpha value is -1.46. The van der Waals surface area contributed by atoms with Gasteiger partial charge >= 0.3 is 52.3 Å². The van der Waals surface area contributed by atoms with Gasteiger partial charge in [-0.3, -0.25) is 0 Å². The van der Waals surface area contributed by atoms with Crippen molar-refractivity contribution in [2.45, 2.75) is 226 Å². The molecule has 0 atom stereocenters. The van der Waals surface area contributed by atoms with E-state index in [1.807, 2.05) is 0 Å². The fraction of sp³-hybridized carbons (Fsp3) is 0.692. The van der Waals surface area contributed by atoms with Crippen molar-refractivity contribution in [3.63, 3.8) is 0 Å². The lowest BCUT2D eigenvalue weighted by Crippen LogP contribution is -2.86. The summed E-state index contributed by atoms with van der Waals surface area (Å²) in [7, 11) is -22.9. The third kappa shape index (κ3) is 9.42. The number of hydrogen-bond acceptors (Lipinski definition) is 8. The largest absolute Gasteiger partial charge is 0.481 e. The topological polar surface area (TPSA) is 73.8 Å². The van der Waals surface area contributed by atoms with Gasteiger partial charge in [0.2, 0.25) is 0 Å². The standard InChI is InChI=1S/C52H76O8Si6/c1-9-25-45(26-10-1)41-43-61(47-29-13-3-14-30-47)53-63(49-33-17-5-18-34-49)57-65(51-37-21-7-22-38-51)55-62(48-31-15-4-16-32-48,44-42-46-27-11-2-12-28-46)56-66(58-63,52-39-23-8-24-40-52)60-64(54-61,59-65)50-35-19-6-20-36-50/h1-2,9-12,25-28,47-52H,3-8,13-24,29-40H2. The Labute approximate surface area is 403 Å². The van der Waals surface area contributed by atoms with Gasteiger partial charge in [-0.1, -0.05) is 175 Å². The molecule has 0 radical (unpaired) electrons. The summed E-state index contributed by atoms with van der Waals surface area (Å²) >= 11 is 0. The predicted octanol–water partition coefficient (Wildman–Crippen LogP) is 14.0. The zero-order valence-electron chi connectivity index (χ0n) is 39.7. The highest BCUT2D eigenvalue weighted by atomic mass is 28.6. The van der Waals surface area contributed by atoms with Crippen LogP contribution in [0.3, 0.4) is 0 Å². The summed E-state index contributed by atoms with van der Waals surface area (Å²) in [5, 5.41) is 0. The summed E-state index contributed by atoms with van der Waals surface area (Å²) in [6.45, 7) is 0. The summed E-state index contributed by atoms with van der Waals surface area (Å²) in [6, 6.07) is 21.1. The van der Waals surface area contributed by atoms with Gasteiger partial charge in [0.25, 0.3) is 0 Å². The van der Waals surface area contributed by atoms with Crippen molar-refractivity contribution in [1.29, 1.82) is 0 Å². The Bertz CT molecular complexity index is 1830. The normalized spacial score (nSPS) is 38.2. The molecule has 2 aromatic carbocycles. The third-order valence-corrected chi connectivity index (χ3v) is 46.4. The second-order valence-electron chi connectivity index (χ2n) is 21.8. The van der Waals surface area contributed by atoms with E-state index in [2.05, 4.69) is 83.6 Å². The highest BCUT2D eigenvalue weighted by molar-refractivity contribution is 7.04. The van der Waals surface area contributed by atoms with Gasteiger partial charge in [-0.25, -0.2) is 0 Å². The van der Waals surface area contributed by atoms with Crippen LogP contribution >= 0.6 is 0 Å². The average molecular weight is 998 g/mol. The molecule has 14 heteroatoms. The number of hydrogen-bond donors (Lipinski definition) is 0. The van der Waals surface area contributed by atoms with Gasteiger partial charge in [0.1, 0.15) is 0 Å². The van der Waals surface area contributed by atoms with Gasteiger partial charge in [-0.15, -0.1) is 0 Å². The maximum atomic E-state index is 8.67. The van der Waals surface area contributed by atoms with Crippen molar-refractivity contribution in [1.82, 2.24) is 0 Å². The lowest BCUT2D eigenvalue weighted by Gasteiger charge is -2.64. The van der Waals surface area contributed by atoms with Crippen LogP contribution in [0.5, 0.6) is 0 Å². The Morgan fingerprint density at radius 3 is 0.742 bits per heavy atom. The van der Waals surface area contributed by atoms with E-state index in [1.54, 1.807) is 0 Å². The smallest absolute Gasteiger partial charge is 0.385 e. The molecule has 6 aliphatic carbocycles. The van der Waals surface area contributed by atoms with Crippen molar-refractivity contribution < 1.29 is 32.9 Å². The fourth-order valence-electron chi connectivity index (χ4n) is 13.7. The first-order valence-corrected chi connectivity index (χ1v) is 38.2. The molecular formula is C52H76O8Si6. The average Bonchev–Trinajstić information content (AvgIpc) is 3.37. The zero-order valence-corrected chi connectivity index (χ0v) is 45.7. The van der Waals surface area contributed by atoms with Crippen LogP contribution in [0.25, 0.3) is 0 Å². The molecule has 4 bridgehead atoms. The van der Waals surface area contributed by atoms with Crippen molar-refractivity contribution >= 4 is 52.3 Å². The van der Waals surface area contributed by atoms with Crippen LogP contribution in [0.4, 0.5) is 0 Å². The molecule has 0 spiro atoms. The summed E-state index contributed by atoms with van der Waals surface area (Å²) in [5.74, 6) is 7.50. The van der Waals surface area contributed by atoms with Gasteiger partial charge in [0.15, 0.2) is 0 Å². The molecule has 0 amide bonds. The second-order valence-corrected chi connectivity index (χ2v) is 41.2. The van der Waals surface area contributed by atoms with Crippen LogP contribution in [-0.2, 0) is 32.9 Å². The predicted molar refractivity (Wildman–Crippen MR) is 271 cm³/mol. The molecule has 8 nitrogen and oxygen atoms in total. The maximum absolute atomic E-state index is 8.67. The van der Waals surface area contributed by atoms with Crippen molar-refractivity contribution in [3.8, 4) is 22.9 Å². The minimum absolute atomic E-state index is 0.0790. The molecule has 2 aromatic rings. The van der Waals surface area contributed by atoms with Gasteiger partial charge in [0, 0.05) is 44.4 Å². The van der Waals surface area contributed by atoms with Gasteiger partial charge in [-0.2, -0.15) is 0 Å². The number of fused-ring (bicyclic) bond motifs is 4. The molecule has 66 heavy (non-hydrogen) atoms. The minimum Gasteiger partial charge on any atom is -0.385 e. The van der Waals surface area contributed by atoms with Gasteiger partial charge in [-0.05, 0) is 101 Å². The SMILES string of the molecule is C(#C[Si]1(C2CCCCC2)O[Si]2(C3CCCCC3)O[Si]3(C4CCCCC4)O[Si](C#Cc4ccccc4)(C4CCCCC4)O[Si](C4CCCCC4)(O2)O[Si](C2CCCCC2)(O1)O3)c1ccccc1. The Morgan fingerprint density at radius 2 is 0.500 bits per heavy atom. The highest BCUT2D eigenvalue weighted by Crippen LogP contribution is 2.62. The quantitative estimate of drug-likeness (QED) is 0.209. The molecule has 5 aliphatic heterocycles. The molecule has 11 fully saturated rings. The number of rotatable bonds is 6. The molecular weight excluding hydrogens is 921 g/mol. The molecule has 0 unspecified atom stereocenters. The lowest BCUT2D eigenvalue weighted by molar-refractivity contribution is 0.00129. The Balaban J connectivity index is 1.20. The van der Waals surface area contributed by atoms with Crippen LogP contribution in [0.2, 0.25) is 33.2 Å².